The molecule has 0 bridgehead atoms. The molecule has 50 heavy (non-hydrogen) atoms. The van der Waals surface area contributed by atoms with Gasteiger partial charge in [0.1, 0.15) is 5.75 Å². The van der Waals surface area contributed by atoms with Crippen LogP contribution in [0, 0.1) is 5.92 Å². The zero-order valence-corrected chi connectivity index (χ0v) is 28.2. The summed E-state index contributed by atoms with van der Waals surface area (Å²) in [7, 11) is 0. The van der Waals surface area contributed by atoms with E-state index in [0.29, 0.717) is 60.4 Å². The lowest BCUT2D eigenvalue weighted by Gasteiger charge is -2.36. The number of carbonyl (C=O) groups is 2. The summed E-state index contributed by atoms with van der Waals surface area (Å²) in [6.07, 6.45) is 4.69. The number of carboxylic acid groups (broad SMARTS) is 1. The van der Waals surface area contributed by atoms with Crippen LogP contribution in [0.25, 0.3) is 22.0 Å². The van der Waals surface area contributed by atoms with Crippen LogP contribution < -0.4 is 26.8 Å². The first kappa shape index (κ1) is 35.1. The highest BCUT2D eigenvalue weighted by Crippen LogP contribution is 2.37. The molecule has 8 N–H and O–H groups in total. The van der Waals surface area contributed by atoms with Gasteiger partial charge in [-0.25, -0.2) is 4.79 Å². The summed E-state index contributed by atoms with van der Waals surface area (Å²) in [6.45, 7) is 1.03. The minimum absolute atomic E-state index is 0.0147. The molecule has 0 spiro atoms. The second-order valence-corrected chi connectivity index (χ2v) is 13.9. The lowest BCUT2D eigenvalue weighted by molar-refractivity contribution is -0.122. The Morgan fingerprint density at radius 3 is 2.48 bits per heavy atom. The maximum Gasteiger partial charge on any atom is 0.412 e. The lowest BCUT2D eigenvalue weighted by Crippen LogP contribution is -2.47. The number of aryl methyl sites for hydroxylation is 1. The number of phenols is 1. The van der Waals surface area contributed by atoms with Gasteiger partial charge in [-0.2, -0.15) is 0 Å². The Morgan fingerprint density at radius 1 is 0.980 bits per heavy atom. The normalized spacial score (nSPS) is 20.9. The molecule has 2 saturated carbocycles. The number of H-pyrrole nitrogens is 1. The number of aliphatic hydroxyl groups excluding tert-OH is 1. The van der Waals surface area contributed by atoms with Crippen molar-refractivity contribution in [1.29, 1.82) is 0 Å². The standard InChI is InChI=1S/C39H47N5O6/c40-27-10-12-29(13-11-27)44(39(49)50)33-21-24(9-14-30(33)26-6-2-1-3-7-26)5-4-8-36(47)42-28-19-25(20-28)22-41-23-35(46)31-15-17-34(45)38-32(31)16-18-37(48)43-38/h1-3,6-7,9,14-18,21,25,27-29,35,41,45-46H,4-5,8,10-13,19-20,22-23,40H2,(H,42,47)(H,43,48)(H,49,50)/t25-,27-,28-,29-,35?. The molecule has 4 aromatic rings. The fraction of sp³-hybridized carbons (Fsp3) is 0.410. The van der Waals surface area contributed by atoms with Gasteiger partial charge in [-0.15, -0.1) is 0 Å². The zero-order valence-electron chi connectivity index (χ0n) is 28.2. The van der Waals surface area contributed by atoms with Crippen LogP contribution in [-0.2, 0) is 11.2 Å². The first-order chi connectivity index (χ1) is 24.2. The van der Waals surface area contributed by atoms with Crippen molar-refractivity contribution >= 4 is 28.6 Å². The highest BCUT2D eigenvalue weighted by Gasteiger charge is 2.32. The van der Waals surface area contributed by atoms with Crippen LogP contribution in [0.3, 0.4) is 0 Å². The van der Waals surface area contributed by atoms with Crippen LogP contribution in [0.2, 0.25) is 0 Å². The van der Waals surface area contributed by atoms with Crippen LogP contribution in [0.1, 0.15) is 68.6 Å². The van der Waals surface area contributed by atoms with Gasteiger partial charge in [-0.05, 0) is 98.7 Å². The maximum absolute atomic E-state index is 12.8. The Kier molecular flexibility index (Phi) is 11.2. The number of fused-ring (bicyclic) bond motifs is 1. The molecule has 3 aromatic carbocycles. The first-order valence-electron chi connectivity index (χ1n) is 17.7. The number of rotatable bonds is 13. The van der Waals surface area contributed by atoms with E-state index in [1.54, 1.807) is 12.1 Å². The topological polar surface area (TPSA) is 181 Å². The van der Waals surface area contributed by atoms with Crippen LogP contribution in [0.15, 0.2) is 77.6 Å². The number of carbonyl (C=O) groups excluding carboxylic acids is 1. The number of aromatic nitrogens is 1. The number of aliphatic hydroxyl groups is 1. The third-order valence-electron chi connectivity index (χ3n) is 10.2. The summed E-state index contributed by atoms with van der Waals surface area (Å²) in [5, 5.41) is 38.3. The van der Waals surface area contributed by atoms with Crippen LogP contribution in [0.4, 0.5) is 10.5 Å². The summed E-state index contributed by atoms with van der Waals surface area (Å²) in [5.74, 6) is 0.360. The number of hydrogen-bond donors (Lipinski definition) is 7. The quantitative estimate of drug-likeness (QED) is 0.101. The number of hydrogen-bond acceptors (Lipinski definition) is 7. The molecule has 2 amide bonds. The van der Waals surface area contributed by atoms with Gasteiger partial charge in [0.2, 0.25) is 11.5 Å². The van der Waals surface area contributed by atoms with Crippen molar-refractivity contribution in [3.63, 3.8) is 0 Å². The Labute approximate surface area is 291 Å². The van der Waals surface area contributed by atoms with Gasteiger partial charge < -0.3 is 36.7 Å². The van der Waals surface area contributed by atoms with Gasteiger partial charge in [0, 0.05) is 48.1 Å². The number of nitrogens with two attached hydrogens (primary N) is 1. The molecule has 2 aliphatic rings. The Bertz CT molecular complexity index is 1850. The predicted octanol–water partition coefficient (Wildman–Crippen LogP) is 5.20. The van der Waals surface area contributed by atoms with E-state index in [1.165, 1.54) is 17.0 Å². The van der Waals surface area contributed by atoms with E-state index in [0.717, 1.165) is 55.2 Å². The molecule has 6 rings (SSSR count). The molecular weight excluding hydrogens is 634 g/mol. The van der Waals surface area contributed by atoms with Crippen LogP contribution >= 0.6 is 0 Å². The molecule has 2 aliphatic carbocycles. The van der Waals surface area contributed by atoms with Crippen molar-refractivity contribution in [2.75, 3.05) is 18.0 Å². The van der Waals surface area contributed by atoms with Gasteiger partial charge in [-0.1, -0.05) is 48.5 Å². The summed E-state index contributed by atoms with van der Waals surface area (Å²) in [5.41, 5.74) is 10.3. The van der Waals surface area contributed by atoms with E-state index in [9.17, 15) is 29.7 Å². The second-order valence-electron chi connectivity index (χ2n) is 13.9. The number of nitrogens with one attached hydrogen (secondary N) is 3. The smallest absolute Gasteiger partial charge is 0.412 e. The van der Waals surface area contributed by atoms with E-state index < -0.39 is 12.2 Å². The van der Waals surface area contributed by atoms with Crippen molar-refractivity contribution in [2.45, 2.75) is 82.0 Å². The van der Waals surface area contributed by atoms with Gasteiger partial charge in [-0.3, -0.25) is 14.5 Å². The summed E-state index contributed by atoms with van der Waals surface area (Å²) < 4.78 is 0. The molecule has 0 aliphatic heterocycles. The number of benzene rings is 3. The largest absolute Gasteiger partial charge is 0.506 e. The fourth-order valence-electron chi connectivity index (χ4n) is 7.47. The van der Waals surface area contributed by atoms with Crippen molar-refractivity contribution in [1.82, 2.24) is 15.6 Å². The van der Waals surface area contributed by atoms with Crippen molar-refractivity contribution in [3.05, 3.63) is 94.3 Å². The number of nitrogens with zero attached hydrogens (tertiary/aromatic N) is 1. The Hall–Kier alpha value is -4.71. The van der Waals surface area contributed by atoms with E-state index >= 15 is 0 Å². The molecule has 11 nitrogen and oxygen atoms in total. The van der Waals surface area contributed by atoms with Gasteiger partial charge in [0.05, 0.1) is 17.3 Å². The minimum Gasteiger partial charge on any atom is -0.506 e. The third kappa shape index (κ3) is 8.35. The molecule has 11 heteroatoms. The van der Waals surface area contributed by atoms with E-state index in [-0.39, 0.29) is 35.3 Å². The number of phenolic OH excluding ortho intramolecular Hbond substituents is 1. The first-order valence-corrected chi connectivity index (χ1v) is 17.7. The fourth-order valence-corrected chi connectivity index (χ4v) is 7.47. The highest BCUT2D eigenvalue weighted by atomic mass is 16.4. The zero-order chi connectivity index (χ0) is 35.2. The summed E-state index contributed by atoms with van der Waals surface area (Å²) >= 11 is 0. The van der Waals surface area contributed by atoms with Crippen molar-refractivity contribution in [3.8, 4) is 16.9 Å². The molecule has 0 saturated heterocycles. The highest BCUT2D eigenvalue weighted by molar-refractivity contribution is 5.94. The third-order valence-corrected chi connectivity index (χ3v) is 10.2. The van der Waals surface area contributed by atoms with E-state index in [1.807, 2.05) is 48.5 Å². The molecule has 264 valence electrons. The Balaban J connectivity index is 0.971. The van der Waals surface area contributed by atoms with E-state index in [2.05, 4.69) is 15.6 Å². The predicted molar refractivity (Wildman–Crippen MR) is 194 cm³/mol. The molecule has 0 radical (unpaired) electrons. The van der Waals surface area contributed by atoms with Gasteiger partial charge in [0.15, 0.2) is 0 Å². The number of pyridine rings is 1. The van der Waals surface area contributed by atoms with Gasteiger partial charge in [0.25, 0.3) is 0 Å². The molecule has 1 heterocycles. The minimum atomic E-state index is -0.964. The lowest BCUT2D eigenvalue weighted by atomic mass is 9.80. The SMILES string of the molecule is N[C@H]1CC[C@H](N(C(=O)O)c2cc(CCCC(=O)N[C@H]3C[C@H](CNCC(O)c4ccc(O)c5[nH]c(=O)ccc45)C3)ccc2-c2ccccc2)CC1. The van der Waals surface area contributed by atoms with Crippen LogP contribution in [0.5, 0.6) is 5.75 Å². The van der Waals surface area contributed by atoms with Crippen LogP contribution in [-0.4, -0.2) is 63.5 Å². The number of amides is 2. The number of aromatic amines is 1. The average Bonchev–Trinajstić information content (AvgIpc) is 3.08. The summed E-state index contributed by atoms with van der Waals surface area (Å²) in [4.78, 5) is 41.3. The maximum atomic E-state index is 12.8. The monoisotopic (exact) mass is 681 g/mol. The van der Waals surface area contributed by atoms with Crippen molar-refractivity contribution < 1.29 is 24.9 Å². The molecule has 1 unspecified atom stereocenters. The molecule has 2 fully saturated rings. The molecule has 1 atom stereocenters. The molecular formula is C39H47N5O6. The van der Waals surface area contributed by atoms with E-state index in [4.69, 9.17) is 5.73 Å². The summed E-state index contributed by atoms with van der Waals surface area (Å²) in [6, 6.07) is 22.1. The Morgan fingerprint density at radius 2 is 1.74 bits per heavy atom. The molecule has 1 aromatic heterocycles. The number of anilines is 1. The second kappa shape index (κ2) is 15.9. The average molecular weight is 682 g/mol. The number of aromatic hydroxyl groups is 1. The van der Waals surface area contributed by atoms with Gasteiger partial charge >= 0.3 is 6.09 Å². The van der Waals surface area contributed by atoms with Crippen molar-refractivity contribution in [2.24, 2.45) is 11.7 Å².